The molecule has 0 radical (unpaired) electrons. The standard InChI is InChI=1S/C18H21FN2O2/c1-21(11-12-23-17-10-6-5-9-16(17)19)18(22)15(13-20)14-7-3-2-4-8-14/h2-10,15H,11-13,20H2,1H3. The van der Waals surface area contributed by atoms with E-state index in [1.54, 1.807) is 30.1 Å². The van der Waals surface area contributed by atoms with E-state index in [2.05, 4.69) is 0 Å². The molecular weight excluding hydrogens is 295 g/mol. The number of carbonyl (C=O) groups excluding carboxylic acids is 1. The second-order valence-electron chi connectivity index (χ2n) is 5.24. The summed E-state index contributed by atoms with van der Waals surface area (Å²) in [5.74, 6) is -0.678. The van der Waals surface area contributed by atoms with E-state index >= 15 is 0 Å². The van der Waals surface area contributed by atoms with Crippen LogP contribution in [0.4, 0.5) is 4.39 Å². The maximum Gasteiger partial charge on any atom is 0.231 e. The summed E-state index contributed by atoms with van der Waals surface area (Å²) < 4.78 is 18.8. The fraction of sp³-hybridized carbons (Fsp3) is 0.278. The monoisotopic (exact) mass is 316 g/mol. The Morgan fingerprint density at radius 2 is 1.83 bits per heavy atom. The lowest BCUT2D eigenvalue weighted by Crippen LogP contribution is -2.37. The lowest BCUT2D eigenvalue weighted by molar-refractivity contribution is -0.131. The molecule has 0 aliphatic heterocycles. The molecule has 0 aliphatic carbocycles. The lowest BCUT2D eigenvalue weighted by atomic mass is 9.98. The van der Waals surface area contributed by atoms with Gasteiger partial charge in [-0.05, 0) is 17.7 Å². The highest BCUT2D eigenvalue weighted by molar-refractivity contribution is 5.83. The summed E-state index contributed by atoms with van der Waals surface area (Å²) in [7, 11) is 1.69. The number of carbonyl (C=O) groups is 1. The number of hydrogen-bond donors (Lipinski definition) is 1. The van der Waals surface area contributed by atoms with Crippen LogP contribution in [-0.4, -0.2) is 37.6 Å². The number of para-hydroxylation sites is 1. The zero-order valence-corrected chi connectivity index (χ0v) is 13.1. The van der Waals surface area contributed by atoms with Crippen molar-refractivity contribution >= 4 is 5.91 Å². The van der Waals surface area contributed by atoms with Crippen LogP contribution in [0.2, 0.25) is 0 Å². The number of hydrogen-bond acceptors (Lipinski definition) is 3. The SMILES string of the molecule is CN(CCOc1ccccc1F)C(=O)C(CN)c1ccccc1. The Labute approximate surface area is 135 Å². The number of likely N-dealkylation sites (N-methyl/N-ethyl adjacent to an activating group) is 1. The van der Waals surface area contributed by atoms with Crippen LogP contribution < -0.4 is 10.5 Å². The summed E-state index contributed by atoms with van der Waals surface area (Å²) in [6.45, 7) is 0.813. The molecule has 122 valence electrons. The highest BCUT2D eigenvalue weighted by atomic mass is 19.1. The second kappa shape index (κ2) is 8.29. The van der Waals surface area contributed by atoms with Crippen molar-refractivity contribution in [3.63, 3.8) is 0 Å². The predicted octanol–water partition coefficient (Wildman–Crippen LogP) is 2.41. The van der Waals surface area contributed by atoms with Crippen molar-refractivity contribution in [2.75, 3.05) is 26.7 Å². The number of amides is 1. The number of nitrogens with two attached hydrogens (primary N) is 1. The van der Waals surface area contributed by atoms with E-state index in [-0.39, 0.29) is 30.7 Å². The smallest absolute Gasteiger partial charge is 0.231 e. The summed E-state index contributed by atoms with van der Waals surface area (Å²) >= 11 is 0. The first-order valence-corrected chi connectivity index (χ1v) is 7.50. The molecule has 23 heavy (non-hydrogen) atoms. The van der Waals surface area contributed by atoms with E-state index in [9.17, 15) is 9.18 Å². The van der Waals surface area contributed by atoms with Crippen molar-refractivity contribution in [1.82, 2.24) is 4.90 Å². The average Bonchev–Trinajstić information content (AvgIpc) is 2.58. The Balaban J connectivity index is 1.90. The van der Waals surface area contributed by atoms with Crippen LogP contribution in [0, 0.1) is 5.82 Å². The molecule has 2 aromatic carbocycles. The molecule has 0 saturated carbocycles. The molecule has 0 bridgehead atoms. The van der Waals surface area contributed by atoms with Gasteiger partial charge in [0.25, 0.3) is 0 Å². The molecule has 0 fully saturated rings. The van der Waals surface area contributed by atoms with Gasteiger partial charge in [0.05, 0.1) is 12.5 Å². The first-order valence-electron chi connectivity index (χ1n) is 7.50. The van der Waals surface area contributed by atoms with Crippen LogP contribution in [0.15, 0.2) is 54.6 Å². The van der Waals surface area contributed by atoms with Gasteiger partial charge in [0.1, 0.15) is 6.61 Å². The van der Waals surface area contributed by atoms with Crippen molar-refractivity contribution in [1.29, 1.82) is 0 Å². The van der Waals surface area contributed by atoms with Crippen molar-refractivity contribution in [2.24, 2.45) is 5.73 Å². The molecule has 1 unspecified atom stereocenters. The van der Waals surface area contributed by atoms with Gasteiger partial charge in [-0.25, -0.2) is 4.39 Å². The molecule has 0 heterocycles. The molecule has 0 aliphatic rings. The van der Waals surface area contributed by atoms with Gasteiger partial charge in [-0.1, -0.05) is 42.5 Å². The molecule has 4 nitrogen and oxygen atoms in total. The van der Waals surface area contributed by atoms with Crippen LogP contribution in [-0.2, 0) is 4.79 Å². The summed E-state index contributed by atoms with van der Waals surface area (Å²) in [5, 5.41) is 0. The third-order valence-corrected chi connectivity index (χ3v) is 3.63. The van der Waals surface area contributed by atoms with Crippen LogP contribution >= 0.6 is 0 Å². The van der Waals surface area contributed by atoms with Crippen LogP contribution in [0.25, 0.3) is 0 Å². The molecule has 1 amide bonds. The van der Waals surface area contributed by atoms with Crippen LogP contribution in [0.1, 0.15) is 11.5 Å². The van der Waals surface area contributed by atoms with Crippen molar-refractivity contribution in [3.8, 4) is 5.75 Å². The minimum Gasteiger partial charge on any atom is -0.489 e. The normalized spacial score (nSPS) is 11.8. The fourth-order valence-corrected chi connectivity index (χ4v) is 2.30. The fourth-order valence-electron chi connectivity index (χ4n) is 2.30. The molecule has 0 aromatic heterocycles. The van der Waals surface area contributed by atoms with Gasteiger partial charge in [-0.15, -0.1) is 0 Å². The Morgan fingerprint density at radius 3 is 2.48 bits per heavy atom. The van der Waals surface area contributed by atoms with Gasteiger partial charge in [0, 0.05) is 13.6 Å². The minimum absolute atomic E-state index is 0.0733. The van der Waals surface area contributed by atoms with Gasteiger partial charge in [-0.2, -0.15) is 0 Å². The highest BCUT2D eigenvalue weighted by Crippen LogP contribution is 2.17. The zero-order chi connectivity index (χ0) is 16.7. The van der Waals surface area contributed by atoms with Crippen LogP contribution in [0.3, 0.4) is 0 Å². The third kappa shape index (κ3) is 4.53. The summed E-state index contributed by atoms with van der Waals surface area (Å²) in [6.07, 6.45) is 0. The maximum atomic E-state index is 13.5. The quantitative estimate of drug-likeness (QED) is 0.853. The Hall–Kier alpha value is -2.40. The second-order valence-corrected chi connectivity index (χ2v) is 5.24. The van der Waals surface area contributed by atoms with Crippen molar-refractivity contribution in [2.45, 2.75) is 5.92 Å². The lowest BCUT2D eigenvalue weighted by Gasteiger charge is -2.23. The van der Waals surface area contributed by atoms with E-state index in [0.29, 0.717) is 6.54 Å². The first-order chi connectivity index (χ1) is 11.1. The van der Waals surface area contributed by atoms with Gasteiger partial charge >= 0.3 is 0 Å². The van der Waals surface area contributed by atoms with Crippen molar-refractivity contribution in [3.05, 3.63) is 66.0 Å². The number of halogens is 1. The van der Waals surface area contributed by atoms with E-state index in [0.717, 1.165) is 5.56 Å². The summed E-state index contributed by atoms with van der Waals surface area (Å²) in [4.78, 5) is 14.1. The van der Waals surface area contributed by atoms with Gasteiger partial charge < -0.3 is 15.4 Å². The zero-order valence-electron chi connectivity index (χ0n) is 13.1. The van der Waals surface area contributed by atoms with Gasteiger partial charge in [0.15, 0.2) is 11.6 Å². The van der Waals surface area contributed by atoms with Gasteiger partial charge in [-0.3, -0.25) is 4.79 Å². The molecule has 0 spiro atoms. The molecule has 2 rings (SSSR count). The molecule has 0 saturated heterocycles. The van der Waals surface area contributed by atoms with Crippen LogP contribution in [0.5, 0.6) is 5.75 Å². The molecule has 2 N–H and O–H groups in total. The largest absolute Gasteiger partial charge is 0.489 e. The molecular formula is C18H21FN2O2. The Morgan fingerprint density at radius 1 is 1.17 bits per heavy atom. The molecule has 1 atom stereocenters. The number of nitrogens with zero attached hydrogens (tertiary/aromatic N) is 1. The summed E-state index contributed by atoms with van der Waals surface area (Å²) in [5.41, 5.74) is 6.65. The van der Waals surface area contributed by atoms with Crippen molar-refractivity contribution < 1.29 is 13.9 Å². The number of ether oxygens (including phenoxy) is 1. The average molecular weight is 316 g/mol. The predicted molar refractivity (Wildman–Crippen MR) is 87.8 cm³/mol. The minimum atomic E-state index is -0.411. The third-order valence-electron chi connectivity index (χ3n) is 3.63. The Kier molecular flexibility index (Phi) is 6.11. The van der Waals surface area contributed by atoms with Gasteiger partial charge in [0.2, 0.25) is 5.91 Å². The number of benzene rings is 2. The maximum absolute atomic E-state index is 13.5. The number of rotatable bonds is 7. The first kappa shape index (κ1) is 17.0. The Bertz CT molecular complexity index is 634. The van der Waals surface area contributed by atoms with E-state index in [1.807, 2.05) is 30.3 Å². The molecule has 2 aromatic rings. The molecule has 5 heteroatoms. The topological polar surface area (TPSA) is 55.6 Å². The van der Waals surface area contributed by atoms with E-state index < -0.39 is 5.82 Å². The summed E-state index contributed by atoms with van der Waals surface area (Å²) in [6, 6.07) is 15.6. The highest BCUT2D eigenvalue weighted by Gasteiger charge is 2.22. The van der Waals surface area contributed by atoms with E-state index in [4.69, 9.17) is 10.5 Å². The van der Waals surface area contributed by atoms with E-state index in [1.165, 1.54) is 6.07 Å².